The van der Waals surface area contributed by atoms with Crippen LogP contribution in [0.2, 0.25) is 10.0 Å². The fourth-order valence-corrected chi connectivity index (χ4v) is 2.80. The number of amides is 1. The van der Waals surface area contributed by atoms with Gasteiger partial charge in [0.2, 0.25) is 5.91 Å². The van der Waals surface area contributed by atoms with Gasteiger partial charge < -0.3 is 5.32 Å². The molecule has 1 aliphatic carbocycles. The SMILES string of the molecule is CC(CNC(=O)CCCc1ccc(Cl)c(Cl)c1)N(C)C1CC1. The van der Waals surface area contributed by atoms with Crippen LogP contribution in [0.4, 0.5) is 0 Å². The van der Waals surface area contributed by atoms with Gasteiger partial charge in [0, 0.05) is 25.0 Å². The molecular weight excluding hydrogens is 319 g/mol. The van der Waals surface area contributed by atoms with Crippen LogP contribution >= 0.6 is 23.2 Å². The zero-order chi connectivity index (χ0) is 16.1. The van der Waals surface area contributed by atoms with Crippen LogP contribution in [0, 0.1) is 0 Å². The fourth-order valence-electron chi connectivity index (χ4n) is 2.48. The maximum atomic E-state index is 11.9. The monoisotopic (exact) mass is 342 g/mol. The van der Waals surface area contributed by atoms with Gasteiger partial charge in [0.25, 0.3) is 0 Å². The smallest absolute Gasteiger partial charge is 0.220 e. The number of hydrogen-bond donors (Lipinski definition) is 1. The largest absolute Gasteiger partial charge is 0.355 e. The van der Waals surface area contributed by atoms with Crippen molar-refractivity contribution in [1.82, 2.24) is 10.2 Å². The molecule has 1 aliphatic rings. The molecule has 1 amide bonds. The van der Waals surface area contributed by atoms with Gasteiger partial charge in [-0.15, -0.1) is 0 Å². The van der Waals surface area contributed by atoms with E-state index in [0.717, 1.165) is 31.0 Å². The predicted molar refractivity (Wildman–Crippen MR) is 92.7 cm³/mol. The summed E-state index contributed by atoms with van der Waals surface area (Å²) in [5.74, 6) is 0.121. The zero-order valence-corrected chi connectivity index (χ0v) is 14.8. The molecule has 1 unspecified atom stereocenters. The van der Waals surface area contributed by atoms with Crippen molar-refractivity contribution < 1.29 is 4.79 Å². The lowest BCUT2D eigenvalue weighted by atomic mass is 10.1. The number of aryl methyl sites for hydroxylation is 1. The number of nitrogens with one attached hydrogen (secondary N) is 1. The van der Waals surface area contributed by atoms with E-state index in [9.17, 15) is 4.79 Å². The van der Waals surface area contributed by atoms with Crippen LogP contribution in [-0.4, -0.2) is 36.5 Å². The van der Waals surface area contributed by atoms with Crippen molar-refractivity contribution in [3.8, 4) is 0 Å². The van der Waals surface area contributed by atoms with Crippen molar-refractivity contribution >= 4 is 29.1 Å². The molecule has 22 heavy (non-hydrogen) atoms. The Bertz CT molecular complexity index is 517. The molecule has 1 aromatic carbocycles. The topological polar surface area (TPSA) is 32.3 Å². The van der Waals surface area contributed by atoms with Gasteiger partial charge in [0.05, 0.1) is 10.0 Å². The summed E-state index contributed by atoms with van der Waals surface area (Å²) in [5.41, 5.74) is 1.11. The highest BCUT2D eigenvalue weighted by Crippen LogP contribution is 2.26. The van der Waals surface area contributed by atoms with E-state index in [-0.39, 0.29) is 5.91 Å². The Morgan fingerprint density at radius 3 is 2.73 bits per heavy atom. The minimum atomic E-state index is 0.121. The third kappa shape index (κ3) is 5.45. The molecule has 1 fully saturated rings. The molecule has 2 rings (SSSR count). The molecule has 1 saturated carbocycles. The Morgan fingerprint density at radius 2 is 2.09 bits per heavy atom. The predicted octanol–water partition coefficient (Wildman–Crippen LogP) is 3.92. The number of carbonyl (C=O) groups excluding carboxylic acids is 1. The molecule has 0 heterocycles. The molecular formula is C17H24Cl2N2O. The molecule has 0 aliphatic heterocycles. The van der Waals surface area contributed by atoms with Crippen LogP contribution in [0.5, 0.6) is 0 Å². The van der Waals surface area contributed by atoms with Gasteiger partial charge in [0.1, 0.15) is 0 Å². The molecule has 1 aromatic rings. The normalized spacial score (nSPS) is 15.9. The van der Waals surface area contributed by atoms with Gasteiger partial charge in [-0.2, -0.15) is 0 Å². The summed E-state index contributed by atoms with van der Waals surface area (Å²) in [6.07, 6.45) is 4.77. The van der Waals surface area contributed by atoms with Gasteiger partial charge in [-0.25, -0.2) is 0 Å². The van der Waals surface area contributed by atoms with Crippen molar-refractivity contribution in [3.05, 3.63) is 33.8 Å². The first kappa shape index (κ1) is 17.6. The fraction of sp³-hybridized carbons (Fsp3) is 0.588. The van der Waals surface area contributed by atoms with Crippen LogP contribution in [0.25, 0.3) is 0 Å². The number of carbonyl (C=O) groups is 1. The second kappa shape index (κ2) is 8.19. The number of nitrogens with zero attached hydrogens (tertiary/aromatic N) is 1. The van der Waals surface area contributed by atoms with Crippen LogP contribution in [0.15, 0.2) is 18.2 Å². The highest BCUT2D eigenvalue weighted by molar-refractivity contribution is 6.42. The van der Waals surface area contributed by atoms with Gasteiger partial charge in [0.15, 0.2) is 0 Å². The third-order valence-corrected chi connectivity index (χ3v) is 5.01. The zero-order valence-electron chi connectivity index (χ0n) is 13.2. The van der Waals surface area contributed by atoms with Crippen molar-refractivity contribution in [3.63, 3.8) is 0 Å². The van der Waals surface area contributed by atoms with Gasteiger partial charge >= 0.3 is 0 Å². The van der Waals surface area contributed by atoms with E-state index in [0.29, 0.717) is 22.5 Å². The first-order valence-electron chi connectivity index (χ1n) is 7.90. The van der Waals surface area contributed by atoms with Crippen LogP contribution < -0.4 is 5.32 Å². The molecule has 0 aromatic heterocycles. The molecule has 0 saturated heterocycles. The molecule has 122 valence electrons. The number of likely N-dealkylation sites (N-methyl/N-ethyl adjacent to an activating group) is 1. The minimum Gasteiger partial charge on any atom is -0.355 e. The number of hydrogen-bond acceptors (Lipinski definition) is 2. The molecule has 1 atom stereocenters. The quantitative estimate of drug-likeness (QED) is 0.776. The molecule has 3 nitrogen and oxygen atoms in total. The minimum absolute atomic E-state index is 0.121. The number of halogens is 2. The average molecular weight is 343 g/mol. The van der Waals surface area contributed by atoms with E-state index in [4.69, 9.17) is 23.2 Å². The van der Waals surface area contributed by atoms with E-state index in [2.05, 4.69) is 24.2 Å². The van der Waals surface area contributed by atoms with Gasteiger partial charge in [-0.1, -0.05) is 29.3 Å². The van der Waals surface area contributed by atoms with Gasteiger partial charge in [-0.05, 0) is 57.4 Å². The summed E-state index contributed by atoms with van der Waals surface area (Å²) in [4.78, 5) is 14.2. The van der Waals surface area contributed by atoms with E-state index in [1.165, 1.54) is 12.8 Å². The van der Waals surface area contributed by atoms with Crippen molar-refractivity contribution in [2.45, 2.75) is 51.1 Å². The van der Waals surface area contributed by atoms with E-state index in [1.807, 2.05) is 12.1 Å². The van der Waals surface area contributed by atoms with Crippen LogP contribution in [0.3, 0.4) is 0 Å². The van der Waals surface area contributed by atoms with Crippen LogP contribution in [-0.2, 0) is 11.2 Å². The Labute approximate surface area is 143 Å². The summed E-state index contributed by atoms with van der Waals surface area (Å²) in [6.45, 7) is 2.88. The van der Waals surface area contributed by atoms with E-state index < -0.39 is 0 Å². The lowest BCUT2D eigenvalue weighted by Crippen LogP contribution is -2.41. The number of rotatable bonds is 8. The summed E-state index contributed by atoms with van der Waals surface area (Å²) in [5, 5.41) is 4.16. The Hall–Kier alpha value is -0.770. The first-order valence-corrected chi connectivity index (χ1v) is 8.65. The molecule has 0 radical (unpaired) electrons. The molecule has 5 heteroatoms. The average Bonchev–Trinajstić information content (AvgIpc) is 3.32. The van der Waals surface area contributed by atoms with Crippen molar-refractivity contribution in [1.29, 1.82) is 0 Å². The summed E-state index contributed by atoms with van der Waals surface area (Å²) in [7, 11) is 2.14. The highest BCUT2D eigenvalue weighted by atomic mass is 35.5. The maximum absolute atomic E-state index is 11.9. The second-order valence-corrected chi connectivity index (χ2v) is 6.97. The Kier molecular flexibility index (Phi) is 6.54. The lowest BCUT2D eigenvalue weighted by molar-refractivity contribution is -0.121. The third-order valence-electron chi connectivity index (χ3n) is 4.27. The van der Waals surface area contributed by atoms with Gasteiger partial charge in [-0.3, -0.25) is 9.69 Å². The first-order chi connectivity index (χ1) is 10.5. The highest BCUT2D eigenvalue weighted by Gasteiger charge is 2.28. The van der Waals surface area contributed by atoms with E-state index in [1.54, 1.807) is 6.07 Å². The number of benzene rings is 1. The van der Waals surface area contributed by atoms with Crippen molar-refractivity contribution in [2.24, 2.45) is 0 Å². The van der Waals surface area contributed by atoms with E-state index >= 15 is 0 Å². The van der Waals surface area contributed by atoms with Crippen molar-refractivity contribution in [2.75, 3.05) is 13.6 Å². The maximum Gasteiger partial charge on any atom is 0.220 e. The van der Waals surface area contributed by atoms with Crippen LogP contribution in [0.1, 0.15) is 38.2 Å². The molecule has 0 bridgehead atoms. The Morgan fingerprint density at radius 1 is 1.36 bits per heavy atom. The lowest BCUT2D eigenvalue weighted by Gasteiger charge is -2.24. The standard InChI is InChI=1S/C17H24Cl2N2O/c1-12(21(2)14-7-8-14)11-20-17(22)5-3-4-13-6-9-15(18)16(19)10-13/h6,9-10,12,14H,3-5,7-8,11H2,1-2H3,(H,20,22). The second-order valence-electron chi connectivity index (χ2n) is 6.15. The summed E-state index contributed by atoms with van der Waals surface area (Å²) in [6, 6.07) is 6.75. The summed E-state index contributed by atoms with van der Waals surface area (Å²) < 4.78 is 0. The molecule has 0 spiro atoms. The Balaban J connectivity index is 1.63. The summed E-state index contributed by atoms with van der Waals surface area (Å²) >= 11 is 11.9. The molecule has 1 N–H and O–H groups in total.